The highest BCUT2D eigenvalue weighted by molar-refractivity contribution is 9.11. The summed E-state index contributed by atoms with van der Waals surface area (Å²) in [7, 11) is -6.00. The fourth-order valence-electron chi connectivity index (χ4n) is 1.74. The molecule has 0 saturated heterocycles. The molecule has 0 radical (unpaired) electrons. The Balaban J connectivity index is 0.000000841. The molecule has 0 nitrogen and oxygen atoms in total. The van der Waals surface area contributed by atoms with E-state index in [2.05, 4.69) is 57.3 Å². The predicted molar refractivity (Wildman–Crippen MR) is 90.3 cm³/mol. The smallest absolute Gasteiger partial charge is 0.418 e. The number of halogens is 6. The molecule has 1 aromatic carbocycles. The first-order valence-electron chi connectivity index (χ1n) is 7.73. The van der Waals surface area contributed by atoms with E-state index in [1.165, 1.54) is 53.0 Å². The lowest BCUT2D eigenvalue weighted by Crippen LogP contribution is -3.59. The summed E-state index contributed by atoms with van der Waals surface area (Å²) in [6.45, 7) is 2.27. The van der Waals surface area contributed by atoms with E-state index < -0.39 is 7.25 Å². The summed E-state index contributed by atoms with van der Waals surface area (Å²) in [5.41, 5.74) is 0. The van der Waals surface area contributed by atoms with Crippen molar-refractivity contribution in [3.05, 3.63) is 42.5 Å². The van der Waals surface area contributed by atoms with E-state index in [-0.39, 0.29) is 21.2 Å². The van der Waals surface area contributed by atoms with Crippen molar-refractivity contribution >= 4 is 23.2 Å². The first-order chi connectivity index (χ1) is 10.8. The predicted octanol–water partition coefficient (Wildman–Crippen LogP) is 4.23. The second-order valence-corrected chi connectivity index (χ2v) is 8.48. The second kappa shape index (κ2) is 14.3. The largest absolute Gasteiger partial charge is 0.673 e. The minimum atomic E-state index is -6.00. The van der Waals surface area contributed by atoms with Crippen LogP contribution in [0.5, 0.6) is 0 Å². The van der Waals surface area contributed by atoms with E-state index in [1.54, 1.807) is 0 Å². The van der Waals surface area contributed by atoms with Crippen LogP contribution in [-0.2, 0) is 0 Å². The molecule has 0 aliphatic carbocycles. The maximum Gasteiger partial charge on any atom is 0.673 e. The van der Waals surface area contributed by atoms with Crippen LogP contribution in [0.15, 0.2) is 38.9 Å². The summed E-state index contributed by atoms with van der Waals surface area (Å²) in [5, 5.41) is 0. The van der Waals surface area contributed by atoms with Gasteiger partial charge in [0, 0.05) is 4.48 Å². The van der Waals surface area contributed by atoms with Crippen molar-refractivity contribution in [2.24, 2.45) is 0 Å². The Bertz CT molecular complexity index is 418. The van der Waals surface area contributed by atoms with Gasteiger partial charge in [-0.2, -0.15) is 0 Å². The van der Waals surface area contributed by atoms with Crippen LogP contribution in [-0.4, -0.2) is 7.25 Å². The van der Waals surface area contributed by atoms with E-state index in [9.17, 15) is 17.3 Å². The monoisotopic (exact) mass is 508 g/mol. The molecule has 0 aliphatic heterocycles. The second-order valence-electron chi connectivity index (χ2n) is 4.97. The first-order valence-corrected chi connectivity index (χ1v) is 10.8. The number of rotatable bonds is 9. The van der Waals surface area contributed by atoms with Gasteiger partial charge in [0.25, 0.3) is 0 Å². The van der Waals surface area contributed by atoms with E-state index in [4.69, 9.17) is 0 Å². The van der Waals surface area contributed by atoms with Gasteiger partial charge in [0.05, 0.1) is 0 Å². The Kier molecular flexibility index (Phi) is 14.3. The van der Waals surface area contributed by atoms with Crippen molar-refractivity contribution in [2.75, 3.05) is 0 Å². The molecule has 23 heavy (non-hydrogen) atoms. The Morgan fingerprint density at radius 2 is 1.52 bits per heavy atom. The molecule has 0 atom stereocenters. The molecule has 0 aromatic heterocycles. The Hall–Kier alpha value is -0.0451. The quantitative estimate of drug-likeness (QED) is 0.203. The van der Waals surface area contributed by atoms with Crippen LogP contribution in [0.2, 0.25) is 0 Å². The third-order valence-electron chi connectivity index (χ3n) is 2.80. The van der Waals surface area contributed by atoms with Gasteiger partial charge in [0.1, 0.15) is 0 Å². The van der Waals surface area contributed by atoms with Crippen LogP contribution >= 0.6 is 15.9 Å². The van der Waals surface area contributed by atoms with Gasteiger partial charge in [-0.15, -0.1) is 0 Å². The molecule has 0 aliphatic rings. The van der Waals surface area contributed by atoms with Gasteiger partial charge in [-0.3, -0.25) is 0 Å². The lowest BCUT2D eigenvalue weighted by molar-refractivity contribution is -0.557. The fraction of sp³-hybridized carbons (Fsp3) is 0.500. The summed E-state index contributed by atoms with van der Waals surface area (Å²) in [5.74, 6) is 0. The van der Waals surface area contributed by atoms with E-state index >= 15 is 0 Å². The fourth-order valence-corrected chi connectivity index (χ4v) is 4.44. The molecule has 1 aromatic rings. The lowest BCUT2D eigenvalue weighted by atomic mass is 10.1. The van der Waals surface area contributed by atoms with Crippen LogP contribution in [0.3, 0.4) is 0 Å². The van der Waals surface area contributed by atoms with Crippen LogP contribution in [0.4, 0.5) is 17.3 Å². The van der Waals surface area contributed by atoms with Crippen LogP contribution < -0.4 is 21.2 Å². The summed E-state index contributed by atoms with van der Waals surface area (Å²) < 4.78 is 44.3. The molecule has 0 amide bonds. The number of hydrogen-bond acceptors (Lipinski definition) is 0. The average molecular weight is 509 g/mol. The van der Waals surface area contributed by atoms with E-state index in [1.807, 2.05) is 0 Å². The molecule has 1 rings (SSSR count). The minimum Gasteiger partial charge on any atom is -0.418 e. The zero-order valence-corrected chi connectivity index (χ0v) is 17.0. The van der Waals surface area contributed by atoms with Crippen molar-refractivity contribution in [3.8, 4) is 0 Å². The molecule has 0 saturated carbocycles. The van der Waals surface area contributed by atoms with Crippen molar-refractivity contribution in [3.63, 3.8) is 0 Å². The van der Waals surface area contributed by atoms with Crippen LogP contribution in [0.25, 0.3) is 0 Å². The van der Waals surface area contributed by atoms with Crippen LogP contribution in [0, 0.1) is 3.57 Å². The molecule has 7 heteroatoms. The standard InChI is InChI=1S/C16H23BrI.BF4/c1-2-3-4-5-6-8-11-15(17)14-18-16-12-9-7-10-13-16;2-1(3,4)5/h7,9-10,12-14H,2-6,8,11H2,1H3;/q+1;-1/b15-14-;. The van der Waals surface area contributed by atoms with E-state index in [0.717, 1.165) is 0 Å². The molecule has 0 bridgehead atoms. The molecule has 0 N–H and O–H groups in total. The zero-order chi connectivity index (χ0) is 17.6. The molecule has 0 fully saturated rings. The van der Waals surface area contributed by atoms with Gasteiger partial charge in [-0.05, 0) is 25.0 Å². The zero-order valence-electron chi connectivity index (χ0n) is 13.3. The number of allylic oxidation sites excluding steroid dienone is 1. The van der Waals surface area contributed by atoms with Gasteiger partial charge in [0.2, 0.25) is 0 Å². The lowest BCUT2D eigenvalue weighted by Gasteiger charge is -1.98. The molecule has 0 heterocycles. The normalized spacial score (nSPS) is 11.8. The minimum absolute atomic E-state index is 0.0455. The number of benzene rings is 1. The van der Waals surface area contributed by atoms with Gasteiger partial charge < -0.3 is 17.3 Å². The Morgan fingerprint density at radius 3 is 2.09 bits per heavy atom. The van der Waals surface area contributed by atoms with Crippen molar-refractivity contribution in [1.29, 1.82) is 0 Å². The molecular weight excluding hydrogens is 486 g/mol. The average Bonchev–Trinajstić information content (AvgIpc) is 2.48. The molecule has 132 valence electrons. The van der Waals surface area contributed by atoms with Crippen LogP contribution in [0.1, 0.15) is 51.9 Å². The first kappa shape index (κ1) is 23.0. The Morgan fingerprint density at radius 1 is 1.00 bits per heavy atom. The number of unbranched alkanes of at least 4 members (excludes halogenated alkanes) is 5. The van der Waals surface area contributed by atoms with Crippen molar-refractivity contribution in [2.45, 2.75) is 51.9 Å². The maximum absolute atomic E-state index is 9.75. The summed E-state index contributed by atoms with van der Waals surface area (Å²) >= 11 is 3.75. The van der Waals surface area contributed by atoms with Crippen molar-refractivity contribution in [1.82, 2.24) is 0 Å². The summed E-state index contributed by atoms with van der Waals surface area (Å²) in [6, 6.07) is 10.8. The van der Waals surface area contributed by atoms with Crippen molar-refractivity contribution < 1.29 is 38.5 Å². The highest BCUT2D eigenvalue weighted by Gasteiger charge is 2.20. The molecule has 0 unspecified atom stereocenters. The van der Waals surface area contributed by atoms with E-state index in [0.29, 0.717) is 0 Å². The summed E-state index contributed by atoms with van der Waals surface area (Å²) in [6.07, 6.45) is 9.49. The molecular formula is C16H23BBrF4I. The third-order valence-corrected chi connectivity index (χ3v) is 6.78. The maximum atomic E-state index is 9.75. The van der Waals surface area contributed by atoms with Gasteiger partial charge in [-0.25, -0.2) is 0 Å². The third kappa shape index (κ3) is 19.9. The highest BCUT2D eigenvalue weighted by Crippen LogP contribution is 2.14. The topological polar surface area (TPSA) is 0 Å². The number of hydrogen-bond donors (Lipinski definition) is 0. The van der Waals surface area contributed by atoms with Gasteiger partial charge >= 0.3 is 28.5 Å². The molecule has 0 spiro atoms. The SMILES string of the molecule is CCCCCCCC/C(Br)=C/[I+]c1ccccc1.F[B-](F)(F)F. The van der Waals surface area contributed by atoms with Gasteiger partial charge in [-0.1, -0.05) is 73.2 Å². The Labute approximate surface area is 155 Å². The van der Waals surface area contributed by atoms with Gasteiger partial charge in [0.15, 0.2) is 7.65 Å². The highest BCUT2D eigenvalue weighted by atomic mass is 127. The summed E-state index contributed by atoms with van der Waals surface area (Å²) in [4.78, 5) is 0.